The summed E-state index contributed by atoms with van der Waals surface area (Å²) in [5, 5.41) is 17.4. The van der Waals surface area contributed by atoms with Gasteiger partial charge in [-0.05, 0) is 82.1 Å². The second-order valence-electron chi connectivity index (χ2n) is 11.2. The minimum Gasteiger partial charge on any atom is -0.491 e. The molecule has 1 atom stereocenters. The van der Waals surface area contributed by atoms with Crippen molar-refractivity contribution in [2.75, 3.05) is 13.2 Å². The van der Waals surface area contributed by atoms with E-state index in [0.29, 0.717) is 28.3 Å². The number of rotatable bonds is 12. The van der Waals surface area contributed by atoms with Gasteiger partial charge in [-0.2, -0.15) is 13.2 Å². The predicted octanol–water partition coefficient (Wildman–Crippen LogP) is 5.31. The van der Waals surface area contributed by atoms with Gasteiger partial charge in [0.15, 0.2) is 0 Å². The first-order chi connectivity index (χ1) is 22.2. The van der Waals surface area contributed by atoms with Gasteiger partial charge in [-0.3, -0.25) is 9.59 Å². The Morgan fingerprint density at radius 3 is 2.38 bits per heavy atom. The number of amides is 2. The Bertz CT molecular complexity index is 1780. The number of nitrogens with zero attached hydrogens (tertiary/aromatic N) is 2. The minimum atomic E-state index is -5.36. The van der Waals surface area contributed by atoms with Crippen LogP contribution in [0.1, 0.15) is 52.8 Å². The van der Waals surface area contributed by atoms with Crippen LogP contribution in [0.2, 0.25) is 0 Å². The molecular weight excluding hydrogens is 624 g/mol. The molecule has 0 radical (unpaired) electrons. The predicted molar refractivity (Wildman–Crippen MR) is 161 cm³/mol. The number of nitrogens with two attached hydrogens (primary N) is 1. The Morgan fingerprint density at radius 2 is 1.81 bits per heavy atom. The van der Waals surface area contributed by atoms with Crippen LogP contribution in [-0.2, 0) is 16.8 Å². The molecule has 0 spiro atoms. The highest BCUT2D eigenvalue weighted by atomic mass is 19.4. The fraction of sp³-hybridized carbons (Fsp3) is 0.333. The molecule has 1 fully saturated rings. The number of benzene rings is 2. The fourth-order valence-corrected chi connectivity index (χ4v) is 5.07. The van der Waals surface area contributed by atoms with E-state index in [1.54, 1.807) is 26.8 Å². The van der Waals surface area contributed by atoms with E-state index < -0.39 is 48.1 Å². The van der Waals surface area contributed by atoms with Gasteiger partial charge in [0.1, 0.15) is 28.8 Å². The maximum Gasteiger partial charge on any atom is 0.424 e. The number of ether oxygens (including phenoxy) is 2. The molecule has 248 valence electrons. The van der Waals surface area contributed by atoms with E-state index in [1.165, 1.54) is 24.3 Å². The number of halogens is 4. The number of alkyl halides is 3. The molecule has 1 aliphatic carbocycles. The second kappa shape index (κ2) is 13.0. The van der Waals surface area contributed by atoms with E-state index in [0.717, 1.165) is 31.0 Å². The number of nitrogens with one attached hydrogen (secondary N) is 1. The first-order valence-electron chi connectivity index (χ1n) is 14.7. The topological polar surface area (TPSA) is 150 Å². The number of aliphatic hydroxyl groups is 1. The summed E-state index contributed by atoms with van der Waals surface area (Å²) in [6.07, 6.45) is -4.37. The van der Waals surface area contributed by atoms with Gasteiger partial charge in [-0.25, -0.2) is 9.37 Å². The number of aromatic nitrogens is 2. The largest absolute Gasteiger partial charge is 0.491 e. The Hall–Kier alpha value is -4.98. The van der Waals surface area contributed by atoms with Gasteiger partial charge in [-0.15, -0.1) is 0 Å². The van der Waals surface area contributed by atoms with Crippen LogP contribution >= 0.6 is 0 Å². The third-order valence-corrected chi connectivity index (χ3v) is 7.58. The summed E-state index contributed by atoms with van der Waals surface area (Å²) >= 11 is 0. The molecule has 2 amide bonds. The van der Waals surface area contributed by atoms with Crippen molar-refractivity contribution in [2.24, 2.45) is 5.73 Å². The maximum atomic E-state index is 14.7. The van der Waals surface area contributed by atoms with E-state index in [4.69, 9.17) is 19.7 Å². The fourth-order valence-electron chi connectivity index (χ4n) is 5.07. The highest BCUT2D eigenvalue weighted by molar-refractivity contribution is 5.96. The van der Waals surface area contributed by atoms with Gasteiger partial charge in [0, 0.05) is 22.3 Å². The first-order valence-corrected chi connectivity index (χ1v) is 14.7. The van der Waals surface area contributed by atoms with Crippen molar-refractivity contribution < 1.29 is 46.3 Å². The third kappa shape index (κ3) is 7.07. The molecule has 0 aliphatic heterocycles. The Kier molecular flexibility index (Phi) is 9.25. The van der Waals surface area contributed by atoms with Crippen LogP contribution in [0.25, 0.3) is 22.4 Å². The summed E-state index contributed by atoms with van der Waals surface area (Å²) in [4.78, 5) is 29.3. The van der Waals surface area contributed by atoms with Crippen molar-refractivity contribution in [1.29, 1.82) is 0 Å². The highest BCUT2D eigenvalue weighted by Gasteiger charge is 2.56. The second-order valence-corrected chi connectivity index (χ2v) is 11.2. The van der Waals surface area contributed by atoms with Gasteiger partial charge in [0.25, 0.3) is 5.91 Å². The van der Waals surface area contributed by atoms with E-state index in [9.17, 15) is 32.3 Å². The zero-order valence-corrected chi connectivity index (χ0v) is 25.7. The SMILES string of the molecule is CCOc1c(CC(N)=O)cc([C@@](O)(CNC(=O)c2ccc(-c3c(C)noc3C)c(OC3CC3)c2)C(F)(F)F)nc1-c1ccc(F)cc1. The zero-order valence-electron chi connectivity index (χ0n) is 25.7. The molecule has 0 saturated heterocycles. The summed E-state index contributed by atoms with van der Waals surface area (Å²) in [7, 11) is 0. The maximum absolute atomic E-state index is 14.7. The van der Waals surface area contributed by atoms with Gasteiger partial charge in [0.05, 0.1) is 42.6 Å². The third-order valence-electron chi connectivity index (χ3n) is 7.58. The summed E-state index contributed by atoms with van der Waals surface area (Å²) in [6.45, 7) is 3.78. The van der Waals surface area contributed by atoms with Gasteiger partial charge in [-0.1, -0.05) is 5.16 Å². The molecule has 4 aromatic rings. The lowest BCUT2D eigenvalue weighted by molar-refractivity contribution is -0.265. The number of carbonyl (C=O) groups is 2. The van der Waals surface area contributed by atoms with Gasteiger partial charge in [0.2, 0.25) is 11.5 Å². The minimum absolute atomic E-state index is 0.0262. The smallest absolute Gasteiger partial charge is 0.424 e. The number of pyridine rings is 1. The Labute approximate surface area is 266 Å². The van der Waals surface area contributed by atoms with Gasteiger partial charge < -0.3 is 30.2 Å². The standard InChI is InChI=1S/C33H32F4N4O6/c1-4-45-30-21(15-27(38)42)14-26(40-29(30)19-5-8-22(34)9-6-19)32(44,33(35,36)37)16-39-31(43)20-7-12-24(25(13-20)46-23-10-11-23)28-17(2)41-47-18(28)3/h5-9,12-14,23,44H,4,10-11,15-16H2,1-3H3,(H2,38,42)(H,39,43)/t32-/m0/s1. The summed E-state index contributed by atoms with van der Waals surface area (Å²) in [5.74, 6) is -1.64. The molecule has 5 rings (SSSR count). The number of hydrogen-bond donors (Lipinski definition) is 3. The lowest BCUT2D eigenvalue weighted by atomic mass is 9.93. The summed E-state index contributed by atoms with van der Waals surface area (Å²) in [6, 6.07) is 9.95. The molecule has 2 heterocycles. The lowest BCUT2D eigenvalue weighted by Crippen LogP contribution is -2.51. The molecule has 47 heavy (non-hydrogen) atoms. The number of carbonyl (C=O) groups excluding carboxylic acids is 2. The molecule has 1 saturated carbocycles. The van der Waals surface area contributed by atoms with Crippen molar-refractivity contribution in [3.63, 3.8) is 0 Å². The van der Waals surface area contributed by atoms with Crippen molar-refractivity contribution in [1.82, 2.24) is 15.5 Å². The first kappa shape index (κ1) is 33.4. The molecule has 2 aromatic heterocycles. The van der Waals surface area contributed by atoms with Crippen LogP contribution in [0.3, 0.4) is 0 Å². The lowest BCUT2D eigenvalue weighted by Gasteiger charge is -2.31. The van der Waals surface area contributed by atoms with E-state index in [-0.39, 0.29) is 40.8 Å². The van der Waals surface area contributed by atoms with Crippen LogP contribution in [0, 0.1) is 19.7 Å². The van der Waals surface area contributed by atoms with E-state index >= 15 is 0 Å². The molecule has 2 aromatic carbocycles. The Balaban J connectivity index is 1.53. The molecule has 0 unspecified atom stereocenters. The Morgan fingerprint density at radius 1 is 1.11 bits per heavy atom. The number of primary amides is 1. The molecule has 10 nitrogen and oxygen atoms in total. The summed E-state index contributed by atoms with van der Waals surface area (Å²) < 4.78 is 74.8. The number of hydrogen-bond acceptors (Lipinski definition) is 8. The monoisotopic (exact) mass is 656 g/mol. The zero-order chi connectivity index (χ0) is 34.1. The van der Waals surface area contributed by atoms with Gasteiger partial charge >= 0.3 is 6.18 Å². The van der Waals surface area contributed by atoms with E-state index in [2.05, 4.69) is 15.5 Å². The van der Waals surface area contributed by atoms with Crippen LogP contribution < -0.4 is 20.5 Å². The molecule has 14 heteroatoms. The van der Waals surface area contributed by atoms with Crippen molar-refractivity contribution in [3.05, 3.63) is 82.6 Å². The summed E-state index contributed by atoms with van der Waals surface area (Å²) in [5.41, 5.74) is 2.43. The number of aryl methyl sites for hydroxylation is 2. The van der Waals surface area contributed by atoms with Crippen LogP contribution in [0.4, 0.5) is 17.6 Å². The normalized spacial score (nSPS) is 14.4. The van der Waals surface area contributed by atoms with Crippen molar-refractivity contribution in [3.8, 4) is 33.9 Å². The van der Waals surface area contributed by atoms with Crippen molar-refractivity contribution >= 4 is 11.8 Å². The van der Waals surface area contributed by atoms with E-state index in [1.807, 2.05) is 0 Å². The van der Waals surface area contributed by atoms with Crippen LogP contribution in [0.5, 0.6) is 11.5 Å². The average Bonchev–Trinajstić information content (AvgIpc) is 3.77. The quantitative estimate of drug-likeness (QED) is 0.174. The van der Waals surface area contributed by atoms with Crippen LogP contribution in [-0.4, -0.2) is 52.5 Å². The molecule has 1 aliphatic rings. The van der Waals surface area contributed by atoms with Crippen LogP contribution in [0.15, 0.2) is 53.1 Å². The average molecular weight is 657 g/mol. The van der Waals surface area contributed by atoms with Crippen molar-refractivity contribution in [2.45, 2.75) is 57.9 Å². The molecule has 0 bridgehead atoms. The molecule has 4 N–H and O–H groups in total. The highest BCUT2D eigenvalue weighted by Crippen LogP contribution is 2.42. The molecular formula is C33H32F4N4O6.